The van der Waals surface area contributed by atoms with Gasteiger partial charge in [-0.05, 0) is 43.5 Å². The van der Waals surface area contributed by atoms with Gasteiger partial charge in [-0.3, -0.25) is 0 Å². The fraction of sp³-hybridized carbons (Fsp3) is 0.250. The van der Waals surface area contributed by atoms with E-state index in [2.05, 4.69) is 4.98 Å². The highest BCUT2D eigenvalue weighted by atomic mass is 32.2. The van der Waals surface area contributed by atoms with Crippen molar-refractivity contribution in [2.45, 2.75) is 25.7 Å². The molecule has 0 bridgehead atoms. The van der Waals surface area contributed by atoms with Crippen molar-refractivity contribution in [3.63, 3.8) is 0 Å². The van der Waals surface area contributed by atoms with Gasteiger partial charge < -0.3 is 0 Å². The van der Waals surface area contributed by atoms with Gasteiger partial charge in [-0.2, -0.15) is 0 Å². The predicted molar refractivity (Wildman–Crippen MR) is 65.5 cm³/mol. The second kappa shape index (κ2) is 4.00. The normalized spacial score (nSPS) is 11.7. The third-order valence-corrected chi connectivity index (χ3v) is 4.59. The average Bonchev–Trinajstić information content (AvgIpc) is 2.77. The van der Waals surface area contributed by atoms with Crippen LogP contribution in [0.15, 0.2) is 35.7 Å². The van der Waals surface area contributed by atoms with Gasteiger partial charge in [0.2, 0.25) is 0 Å². The molecule has 0 spiro atoms. The molecule has 0 amide bonds. The van der Waals surface area contributed by atoms with Crippen molar-refractivity contribution in [1.82, 2.24) is 8.96 Å². The Kier molecular flexibility index (Phi) is 2.79. The Bertz CT molecular complexity index is 643. The van der Waals surface area contributed by atoms with Crippen molar-refractivity contribution in [2.24, 2.45) is 0 Å². The lowest BCUT2D eigenvalue weighted by atomic mass is 10.1. The van der Waals surface area contributed by atoms with Crippen LogP contribution in [0.3, 0.4) is 0 Å². The second-order valence-corrected chi connectivity index (χ2v) is 5.91. The molecule has 2 rings (SSSR count). The molecule has 2 aromatic rings. The lowest BCUT2D eigenvalue weighted by Crippen LogP contribution is -2.13. The largest absolute Gasteiger partial charge is 0.269 e. The number of imidazole rings is 1. The molecule has 0 aliphatic carbocycles. The number of aryl methyl sites for hydroxylation is 3. The van der Waals surface area contributed by atoms with Crippen LogP contribution in [-0.2, 0) is 10.0 Å². The van der Waals surface area contributed by atoms with Gasteiger partial charge in [-0.15, -0.1) is 0 Å². The molecular weight excluding hydrogens is 236 g/mol. The molecule has 90 valence electrons. The summed E-state index contributed by atoms with van der Waals surface area (Å²) in [5, 5.41) is 0. The van der Waals surface area contributed by atoms with E-state index in [0.717, 1.165) is 20.7 Å². The van der Waals surface area contributed by atoms with E-state index < -0.39 is 10.0 Å². The first kappa shape index (κ1) is 11.9. The van der Waals surface area contributed by atoms with E-state index in [-0.39, 0.29) is 0 Å². The second-order valence-electron chi connectivity index (χ2n) is 4.10. The fourth-order valence-electron chi connectivity index (χ4n) is 1.71. The highest BCUT2D eigenvalue weighted by Crippen LogP contribution is 2.21. The van der Waals surface area contributed by atoms with Crippen LogP contribution in [0.25, 0.3) is 0 Å². The van der Waals surface area contributed by atoms with Crippen molar-refractivity contribution in [1.29, 1.82) is 0 Å². The summed E-state index contributed by atoms with van der Waals surface area (Å²) in [6.45, 7) is 5.67. The summed E-state index contributed by atoms with van der Waals surface area (Å²) in [6, 6.07) is 3.60. The van der Waals surface area contributed by atoms with Crippen LogP contribution in [0.5, 0.6) is 0 Å². The van der Waals surface area contributed by atoms with Crippen molar-refractivity contribution >= 4 is 10.0 Å². The Balaban J connectivity index is 2.67. The molecule has 0 saturated heterocycles. The molecule has 0 aliphatic rings. The van der Waals surface area contributed by atoms with Crippen LogP contribution in [0.1, 0.15) is 16.7 Å². The van der Waals surface area contributed by atoms with Crippen LogP contribution in [0.2, 0.25) is 0 Å². The summed E-state index contributed by atoms with van der Waals surface area (Å²) in [4.78, 5) is 4.10. The topological polar surface area (TPSA) is 52.0 Å². The molecular formula is C12H14N2O2S. The Labute approximate surface area is 101 Å². The summed E-state index contributed by atoms with van der Waals surface area (Å²) in [5.41, 5.74) is 2.81. The minimum atomic E-state index is -3.51. The van der Waals surface area contributed by atoms with Gasteiger partial charge in [0.15, 0.2) is 0 Å². The van der Waals surface area contributed by atoms with Crippen LogP contribution in [0, 0.1) is 20.8 Å². The monoisotopic (exact) mass is 250 g/mol. The molecule has 17 heavy (non-hydrogen) atoms. The molecule has 5 heteroatoms. The number of hydrogen-bond donors (Lipinski definition) is 0. The van der Waals surface area contributed by atoms with Gasteiger partial charge in [-0.25, -0.2) is 17.4 Å². The van der Waals surface area contributed by atoms with E-state index >= 15 is 0 Å². The first-order valence-electron chi connectivity index (χ1n) is 5.24. The van der Waals surface area contributed by atoms with Crippen molar-refractivity contribution in [2.75, 3.05) is 0 Å². The SMILES string of the molecule is Cc1cc(C)c(S(=O)(=O)n2ccnc2)cc1C. The van der Waals surface area contributed by atoms with E-state index in [9.17, 15) is 8.42 Å². The molecule has 0 atom stereocenters. The van der Waals surface area contributed by atoms with Crippen LogP contribution in [0.4, 0.5) is 0 Å². The first-order valence-corrected chi connectivity index (χ1v) is 6.68. The van der Waals surface area contributed by atoms with Crippen molar-refractivity contribution in [3.8, 4) is 0 Å². The number of nitrogens with zero attached hydrogens (tertiary/aromatic N) is 2. The average molecular weight is 250 g/mol. The van der Waals surface area contributed by atoms with Gasteiger partial charge in [0, 0.05) is 12.4 Å². The molecule has 0 fully saturated rings. The van der Waals surface area contributed by atoms with Gasteiger partial charge in [0.25, 0.3) is 10.0 Å². The fourth-order valence-corrected chi connectivity index (χ4v) is 3.13. The molecule has 0 aliphatic heterocycles. The van der Waals surface area contributed by atoms with Gasteiger partial charge in [0.1, 0.15) is 6.33 Å². The maximum atomic E-state index is 12.3. The molecule has 0 radical (unpaired) electrons. The number of aromatic nitrogens is 2. The molecule has 0 unspecified atom stereocenters. The highest BCUT2D eigenvalue weighted by molar-refractivity contribution is 7.90. The van der Waals surface area contributed by atoms with Crippen LogP contribution >= 0.6 is 0 Å². The number of hydrogen-bond acceptors (Lipinski definition) is 3. The lowest BCUT2D eigenvalue weighted by Gasteiger charge is -2.10. The number of rotatable bonds is 2. The number of benzene rings is 1. The third-order valence-electron chi connectivity index (χ3n) is 2.83. The van der Waals surface area contributed by atoms with Crippen LogP contribution < -0.4 is 0 Å². The van der Waals surface area contributed by atoms with E-state index in [1.807, 2.05) is 19.9 Å². The zero-order valence-corrected chi connectivity index (χ0v) is 10.8. The Morgan fingerprint density at radius 1 is 1.06 bits per heavy atom. The maximum Gasteiger partial charge on any atom is 0.269 e. The summed E-state index contributed by atoms with van der Waals surface area (Å²) >= 11 is 0. The Morgan fingerprint density at radius 2 is 1.71 bits per heavy atom. The molecule has 1 aromatic heterocycles. The zero-order chi connectivity index (χ0) is 12.6. The van der Waals surface area contributed by atoms with E-state index in [1.54, 1.807) is 13.0 Å². The lowest BCUT2D eigenvalue weighted by molar-refractivity contribution is 0.586. The van der Waals surface area contributed by atoms with E-state index in [1.165, 1.54) is 18.7 Å². The van der Waals surface area contributed by atoms with Gasteiger partial charge in [-0.1, -0.05) is 6.07 Å². The molecule has 4 nitrogen and oxygen atoms in total. The summed E-state index contributed by atoms with van der Waals surface area (Å²) < 4.78 is 25.7. The quantitative estimate of drug-likeness (QED) is 0.819. The smallest absolute Gasteiger partial charge is 0.244 e. The molecule has 0 N–H and O–H groups in total. The predicted octanol–water partition coefficient (Wildman–Crippen LogP) is 2.05. The molecule has 1 heterocycles. The first-order chi connectivity index (χ1) is 7.93. The van der Waals surface area contributed by atoms with E-state index in [0.29, 0.717) is 4.90 Å². The minimum Gasteiger partial charge on any atom is -0.244 e. The molecule has 0 saturated carbocycles. The van der Waals surface area contributed by atoms with Gasteiger partial charge >= 0.3 is 0 Å². The van der Waals surface area contributed by atoms with Gasteiger partial charge in [0.05, 0.1) is 4.90 Å². The summed E-state index contributed by atoms with van der Waals surface area (Å²) in [5.74, 6) is 0. The standard InChI is InChI=1S/C12H14N2O2S/c1-9-6-11(3)12(7-10(9)2)17(15,16)14-5-4-13-8-14/h4-8H,1-3H3. The minimum absolute atomic E-state index is 0.332. The Hall–Kier alpha value is -1.62. The maximum absolute atomic E-state index is 12.3. The molecule has 1 aromatic carbocycles. The van der Waals surface area contributed by atoms with E-state index in [4.69, 9.17) is 0 Å². The van der Waals surface area contributed by atoms with Crippen molar-refractivity contribution < 1.29 is 8.42 Å². The van der Waals surface area contributed by atoms with Crippen molar-refractivity contribution in [3.05, 3.63) is 47.5 Å². The zero-order valence-electron chi connectivity index (χ0n) is 10.0. The van der Waals surface area contributed by atoms with Crippen LogP contribution in [-0.4, -0.2) is 17.4 Å². The highest BCUT2D eigenvalue weighted by Gasteiger charge is 2.19. The third kappa shape index (κ3) is 1.98. The summed E-state index contributed by atoms with van der Waals surface area (Å²) in [6.07, 6.45) is 4.18. The summed E-state index contributed by atoms with van der Waals surface area (Å²) in [7, 11) is -3.51. The Morgan fingerprint density at radius 3 is 2.29 bits per heavy atom.